The number of hydrogen-bond donors (Lipinski definition) is 2. The number of allylic oxidation sites excluding steroid dienone is 4. The molecule has 2 N–H and O–H groups in total. The van der Waals surface area contributed by atoms with Gasteiger partial charge in [-0.25, -0.2) is 0 Å². The molecule has 4 aliphatic rings. The normalized spacial score (nSPS) is 33.0. The Labute approximate surface area is 225 Å². The minimum absolute atomic E-state index is 0.0415. The molecule has 0 radical (unpaired) electrons. The first-order chi connectivity index (χ1) is 18.0. The Morgan fingerprint density at radius 1 is 1.00 bits per heavy atom. The maximum atomic E-state index is 15.1. The number of rotatable bonds is 2. The van der Waals surface area contributed by atoms with Crippen molar-refractivity contribution in [2.45, 2.75) is 94.9 Å². The van der Waals surface area contributed by atoms with Crippen molar-refractivity contribution in [2.75, 3.05) is 0 Å². The molecule has 0 saturated heterocycles. The summed E-state index contributed by atoms with van der Waals surface area (Å²) >= 11 is 0. The molecule has 0 bridgehead atoms. The van der Waals surface area contributed by atoms with E-state index in [9.17, 15) is 28.2 Å². The summed E-state index contributed by atoms with van der Waals surface area (Å²) in [5.41, 5.74) is -1.73. The number of alkyl halides is 5. The van der Waals surface area contributed by atoms with Gasteiger partial charge >= 0.3 is 12.1 Å². The van der Waals surface area contributed by atoms with E-state index in [4.69, 9.17) is 0 Å². The Balaban J connectivity index is 1.65. The summed E-state index contributed by atoms with van der Waals surface area (Å²) in [6.45, 7) is 4.53. The van der Waals surface area contributed by atoms with E-state index in [0.717, 1.165) is 22.3 Å². The SMILES string of the molecule is CC(C)(O)C#Cc1ccc([C@H]2CC3(C)C(CCC3(O)C(F)(F)C(F)(F)F)C3CCC4=CC(=O)CCC4=C32)cc1. The van der Waals surface area contributed by atoms with Crippen molar-refractivity contribution in [3.05, 3.63) is 58.2 Å². The highest BCUT2D eigenvalue weighted by molar-refractivity contribution is 5.93. The molecule has 5 rings (SSSR count). The quantitative estimate of drug-likeness (QED) is 0.322. The standard InChI is InChI=1S/C31H33F5O3/c1-27(2,38)14-12-18-4-6-19(7-5-18)24-17-28(3)25(13-15-29(28,39)30(32,33)31(34,35)36)23-10-8-20-16-21(37)9-11-22(20)26(23)24/h4-7,16,23-25,38-39H,8-11,13,15,17H2,1-3H3/t23?,24-,25?,28?,29?/m1/s1. The molecule has 210 valence electrons. The first kappa shape index (κ1) is 28.0. The number of benzene rings is 1. The van der Waals surface area contributed by atoms with Crippen LogP contribution >= 0.6 is 0 Å². The predicted molar refractivity (Wildman–Crippen MR) is 136 cm³/mol. The second-order valence-corrected chi connectivity index (χ2v) is 12.4. The number of carbonyl (C=O) groups excluding carboxylic acids is 1. The van der Waals surface area contributed by atoms with Crippen LogP contribution in [0.25, 0.3) is 0 Å². The molecule has 1 aromatic carbocycles. The van der Waals surface area contributed by atoms with Crippen molar-refractivity contribution in [1.82, 2.24) is 0 Å². The molecule has 0 aliphatic heterocycles. The van der Waals surface area contributed by atoms with Crippen molar-refractivity contribution < 1.29 is 37.0 Å². The molecule has 0 heterocycles. The summed E-state index contributed by atoms with van der Waals surface area (Å²) in [5.74, 6) is -0.880. The summed E-state index contributed by atoms with van der Waals surface area (Å²) in [6, 6.07) is 7.10. The highest BCUT2D eigenvalue weighted by Gasteiger charge is 2.79. The smallest absolute Gasteiger partial charge is 0.383 e. The number of fused-ring (bicyclic) bond motifs is 4. The summed E-state index contributed by atoms with van der Waals surface area (Å²) < 4.78 is 71.2. The monoisotopic (exact) mass is 548 g/mol. The zero-order valence-corrected chi connectivity index (χ0v) is 22.3. The Morgan fingerprint density at radius 2 is 1.67 bits per heavy atom. The van der Waals surface area contributed by atoms with Gasteiger partial charge in [-0.2, -0.15) is 22.0 Å². The molecule has 0 aromatic heterocycles. The van der Waals surface area contributed by atoms with Gasteiger partial charge < -0.3 is 10.2 Å². The summed E-state index contributed by atoms with van der Waals surface area (Å²) in [5, 5.41) is 21.2. The summed E-state index contributed by atoms with van der Waals surface area (Å²) in [7, 11) is 0. The van der Waals surface area contributed by atoms with Crippen molar-refractivity contribution in [3.8, 4) is 11.8 Å². The molecule has 8 heteroatoms. The van der Waals surface area contributed by atoms with E-state index in [2.05, 4.69) is 11.8 Å². The Kier molecular flexibility index (Phi) is 6.48. The zero-order valence-electron chi connectivity index (χ0n) is 22.3. The fourth-order valence-corrected chi connectivity index (χ4v) is 7.74. The molecule has 1 aromatic rings. The average Bonchev–Trinajstić information content (AvgIpc) is 3.13. The minimum Gasteiger partial charge on any atom is -0.383 e. The van der Waals surface area contributed by atoms with Crippen molar-refractivity contribution in [1.29, 1.82) is 0 Å². The van der Waals surface area contributed by atoms with Crippen LogP contribution in [0.2, 0.25) is 0 Å². The van der Waals surface area contributed by atoms with Crippen LogP contribution in [0, 0.1) is 29.1 Å². The van der Waals surface area contributed by atoms with Gasteiger partial charge in [0.2, 0.25) is 0 Å². The molecule has 0 spiro atoms. The molecule has 2 saturated carbocycles. The van der Waals surface area contributed by atoms with Gasteiger partial charge in [-0.1, -0.05) is 36.5 Å². The van der Waals surface area contributed by atoms with E-state index in [-0.39, 0.29) is 24.5 Å². The predicted octanol–water partition coefficient (Wildman–Crippen LogP) is 6.64. The number of halogens is 5. The third kappa shape index (κ3) is 4.37. The van der Waals surface area contributed by atoms with Crippen LogP contribution in [0.1, 0.15) is 82.8 Å². The van der Waals surface area contributed by atoms with Crippen molar-refractivity contribution in [3.63, 3.8) is 0 Å². The van der Waals surface area contributed by atoms with Crippen molar-refractivity contribution >= 4 is 5.78 Å². The van der Waals surface area contributed by atoms with E-state index in [1.165, 1.54) is 6.92 Å². The van der Waals surface area contributed by atoms with Crippen molar-refractivity contribution in [2.24, 2.45) is 17.3 Å². The highest BCUT2D eigenvalue weighted by atomic mass is 19.4. The second-order valence-electron chi connectivity index (χ2n) is 12.4. The molecule has 39 heavy (non-hydrogen) atoms. The molecular formula is C31H33F5O3. The van der Waals surface area contributed by atoms with E-state index in [1.54, 1.807) is 44.2 Å². The van der Waals surface area contributed by atoms with Gasteiger partial charge in [0.05, 0.1) is 0 Å². The van der Waals surface area contributed by atoms with Gasteiger partial charge in [-0.15, -0.1) is 0 Å². The first-order valence-corrected chi connectivity index (χ1v) is 13.5. The van der Waals surface area contributed by atoms with E-state index < -0.39 is 47.0 Å². The van der Waals surface area contributed by atoms with Gasteiger partial charge in [0, 0.05) is 23.3 Å². The van der Waals surface area contributed by atoms with Crippen LogP contribution in [0.15, 0.2) is 47.1 Å². The molecule has 3 nitrogen and oxygen atoms in total. The van der Waals surface area contributed by atoms with Gasteiger partial charge in [-0.3, -0.25) is 4.79 Å². The lowest BCUT2D eigenvalue weighted by Crippen LogP contribution is -2.65. The fraction of sp³-hybridized carbons (Fsp3) is 0.581. The van der Waals surface area contributed by atoms with Crippen LogP contribution in [0.5, 0.6) is 0 Å². The Bertz CT molecular complexity index is 1300. The third-order valence-electron chi connectivity index (χ3n) is 9.59. The van der Waals surface area contributed by atoms with E-state index in [0.29, 0.717) is 31.2 Å². The third-order valence-corrected chi connectivity index (χ3v) is 9.59. The Hall–Kier alpha value is -2.50. The largest absolute Gasteiger partial charge is 0.456 e. The first-order valence-electron chi connectivity index (χ1n) is 13.5. The van der Waals surface area contributed by atoms with Gasteiger partial charge in [0.1, 0.15) is 11.2 Å². The topological polar surface area (TPSA) is 57.5 Å². The molecule has 5 atom stereocenters. The van der Waals surface area contributed by atoms with Gasteiger partial charge in [0.25, 0.3) is 0 Å². The number of ketones is 1. The molecule has 0 amide bonds. The summed E-state index contributed by atoms with van der Waals surface area (Å²) in [4.78, 5) is 12.2. The maximum Gasteiger partial charge on any atom is 0.456 e. The Morgan fingerprint density at radius 3 is 2.28 bits per heavy atom. The number of aliphatic hydroxyl groups is 2. The lowest BCUT2D eigenvalue weighted by molar-refractivity contribution is -0.362. The van der Waals surface area contributed by atoms with E-state index >= 15 is 8.78 Å². The van der Waals surface area contributed by atoms with Gasteiger partial charge in [0.15, 0.2) is 5.78 Å². The van der Waals surface area contributed by atoms with Crippen LogP contribution in [-0.2, 0) is 4.79 Å². The zero-order chi connectivity index (χ0) is 28.6. The lowest BCUT2D eigenvalue weighted by atomic mass is 9.50. The van der Waals surface area contributed by atoms with Crippen LogP contribution in [0.3, 0.4) is 0 Å². The average molecular weight is 549 g/mol. The van der Waals surface area contributed by atoms with Gasteiger partial charge in [-0.05, 0) is 99.1 Å². The highest BCUT2D eigenvalue weighted by Crippen LogP contribution is 2.70. The minimum atomic E-state index is -5.87. The maximum absolute atomic E-state index is 15.1. The fourth-order valence-electron chi connectivity index (χ4n) is 7.74. The van der Waals surface area contributed by atoms with Crippen LogP contribution in [0.4, 0.5) is 22.0 Å². The number of hydrogen-bond acceptors (Lipinski definition) is 3. The molecule has 4 unspecified atom stereocenters. The van der Waals surface area contributed by atoms with Crippen LogP contribution < -0.4 is 0 Å². The number of carbonyl (C=O) groups is 1. The second kappa shape index (κ2) is 9.01. The lowest BCUT2D eigenvalue weighted by Gasteiger charge is -2.56. The van der Waals surface area contributed by atoms with E-state index in [1.807, 2.05) is 0 Å². The molecular weight excluding hydrogens is 515 g/mol. The summed E-state index contributed by atoms with van der Waals surface area (Å²) in [6.07, 6.45) is -2.86. The van der Waals surface area contributed by atoms with Crippen LogP contribution in [-0.4, -0.2) is 39.3 Å². The molecule has 2 fully saturated rings. The molecule has 4 aliphatic carbocycles.